The Kier molecular flexibility index (Phi) is 3.88. The van der Waals surface area contributed by atoms with Crippen molar-refractivity contribution in [2.45, 2.75) is 30.4 Å². The van der Waals surface area contributed by atoms with Crippen LogP contribution in [0.5, 0.6) is 5.75 Å². The zero-order valence-corrected chi connectivity index (χ0v) is 15.1. The summed E-state index contributed by atoms with van der Waals surface area (Å²) in [6.45, 7) is 4.21. The van der Waals surface area contributed by atoms with Gasteiger partial charge in [0.25, 0.3) is 0 Å². The molecule has 0 fully saturated rings. The Morgan fingerprint density at radius 1 is 1.12 bits per heavy atom. The quantitative estimate of drug-likeness (QED) is 0.746. The van der Waals surface area contributed by atoms with Crippen molar-refractivity contribution in [3.63, 3.8) is 0 Å². The lowest BCUT2D eigenvalue weighted by molar-refractivity contribution is -0.123. The van der Waals surface area contributed by atoms with E-state index < -0.39 is 0 Å². The first-order chi connectivity index (χ1) is 11.9. The lowest BCUT2D eigenvalue weighted by Crippen LogP contribution is -2.34. The highest BCUT2D eigenvalue weighted by molar-refractivity contribution is 7.99. The summed E-state index contributed by atoms with van der Waals surface area (Å²) >= 11 is 1.72. The maximum Gasteiger partial charge on any atom is 0.144 e. The van der Waals surface area contributed by atoms with E-state index in [-0.39, 0.29) is 28.1 Å². The molecule has 2 aromatic rings. The highest BCUT2D eigenvalue weighted by Crippen LogP contribution is 2.52. The zero-order chi connectivity index (χ0) is 17.6. The molecule has 1 heterocycles. The molecule has 4 rings (SSSR count). The van der Waals surface area contributed by atoms with Gasteiger partial charge in [0.1, 0.15) is 11.5 Å². The number of phenols is 1. The third-order valence-corrected chi connectivity index (χ3v) is 6.21. The highest BCUT2D eigenvalue weighted by Gasteiger charge is 2.42. The number of allylic oxidation sites excluding steroid dienone is 2. The van der Waals surface area contributed by atoms with Crippen LogP contribution in [0.25, 0.3) is 0 Å². The number of hydrogen-bond acceptors (Lipinski definition) is 4. The van der Waals surface area contributed by atoms with Crippen LogP contribution in [0.3, 0.4) is 0 Å². The Morgan fingerprint density at radius 3 is 2.60 bits per heavy atom. The number of rotatable bonds is 1. The maximum absolute atomic E-state index is 13.1. The molecule has 4 heteroatoms. The van der Waals surface area contributed by atoms with Crippen molar-refractivity contribution >= 4 is 23.2 Å². The number of aromatic hydroxyl groups is 1. The molecule has 128 valence electrons. The summed E-state index contributed by atoms with van der Waals surface area (Å²) in [5, 5.41) is 13.1. The van der Waals surface area contributed by atoms with Gasteiger partial charge < -0.3 is 10.4 Å². The third-order valence-electron chi connectivity index (χ3n) is 4.80. The molecule has 25 heavy (non-hydrogen) atoms. The van der Waals surface area contributed by atoms with Crippen molar-refractivity contribution in [3.05, 3.63) is 65.9 Å². The molecule has 0 amide bonds. The zero-order valence-electron chi connectivity index (χ0n) is 14.3. The minimum absolute atomic E-state index is 0.00778. The Balaban J connectivity index is 1.87. The number of fused-ring (bicyclic) bond motifs is 2. The molecule has 2 N–H and O–H groups in total. The summed E-state index contributed by atoms with van der Waals surface area (Å²) in [5.41, 5.74) is 2.97. The molecule has 0 radical (unpaired) electrons. The SMILES string of the molecule is CC1(C)C=C2Nc3ccccc3S[C@@H](c3ccc(O)cc3)[C@@H]2C(=O)C1. The van der Waals surface area contributed by atoms with Gasteiger partial charge in [0.2, 0.25) is 0 Å². The minimum Gasteiger partial charge on any atom is -0.508 e. The second-order valence-electron chi connectivity index (χ2n) is 7.46. The molecule has 1 aliphatic carbocycles. The molecule has 0 unspecified atom stereocenters. The molecule has 0 spiro atoms. The lowest BCUT2D eigenvalue weighted by atomic mass is 9.74. The molecule has 0 saturated carbocycles. The van der Waals surface area contributed by atoms with E-state index >= 15 is 0 Å². The van der Waals surface area contributed by atoms with Crippen LogP contribution in [-0.4, -0.2) is 10.9 Å². The number of Topliss-reactive ketones (excluding diaryl/α,β-unsaturated/α-hetero) is 1. The first-order valence-electron chi connectivity index (χ1n) is 8.50. The van der Waals surface area contributed by atoms with Crippen LogP contribution in [-0.2, 0) is 4.79 Å². The molecule has 1 aliphatic heterocycles. The fourth-order valence-corrected chi connectivity index (χ4v) is 5.10. The van der Waals surface area contributed by atoms with Gasteiger partial charge in [-0.3, -0.25) is 4.79 Å². The maximum atomic E-state index is 13.1. The van der Waals surface area contributed by atoms with Gasteiger partial charge in [-0.05, 0) is 35.2 Å². The number of thioether (sulfide) groups is 1. The van der Waals surface area contributed by atoms with Crippen molar-refractivity contribution in [2.24, 2.45) is 11.3 Å². The van der Waals surface area contributed by atoms with Gasteiger partial charge in [-0.25, -0.2) is 0 Å². The molecule has 0 bridgehead atoms. The monoisotopic (exact) mass is 351 g/mol. The first kappa shape index (κ1) is 16.3. The Bertz CT molecular complexity index is 854. The minimum atomic E-state index is -0.199. The van der Waals surface area contributed by atoms with Gasteiger partial charge >= 0.3 is 0 Å². The number of phenolic OH excluding ortho intramolecular Hbond substituents is 1. The van der Waals surface area contributed by atoms with E-state index in [1.807, 2.05) is 24.3 Å². The number of anilines is 1. The van der Waals surface area contributed by atoms with E-state index in [0.717, 1.165) is 21.8 Å². The first-order valence-corrected chi connectivity index (χ1v) is 9.38. The van der Waals surface area contributed by atoms with Crippen molar-refractivity contribution in [3.8, 4) is 5.75 Å². The van der Waals surface area contributed by atoms with Crippen molar-refractivity contribution in [2.75, 3.05) is 5.32 Å². The van der Waals surface area contributed by atoms with E-state index in [9.17, 15) is 9.90 Å². The highest BCUT2D eigenvalue weighted by atomic mass is 32.2. The van der Waals surface area contributed by atoms with Crippen LogP contribution >= 0.6 is 11.8 Å². The summed E-state index contributed by atoms with van der Waals surface area (Å²) in [7, 11) is 0. The third kappa shape index (κ3) is 3.07. The fraction of sp³-hybridized carbons (Fsp3) is 0.286. The normalized spacial score (nSPS) is 24.4. The smallest absolute Gasteiger partial charge is 0.144 e. The van der Waals surface area contributed by atoms with Crippen molar-refractivity contribution < 1.29 is 9.90 Å². The van der Waals surface area contributed by atoms with E-state index in [2.05, 4.69) is 37.4 Å². The second kappa shape index (κ2) is 5.95. The number of hydrogen-bond donors (Lipinski definition) is 2. The number of nitrogens with one attached hydrogen (secondary N) is 1. The van der Waals surface area contributed by atoms with Crippen LogP contribution < -0.4 is 5.32 Å². The van der Waals surface area contributed by atoms with Crippen LogP contribution in [0.15, 0.2) is 65.2 Å². The number of ketones is 1. The summed E-state index contributed by atoms with van der Waals surface area (Å²) < 4.78 is 0. The number of para-hydroxylation sites is 1. The summed E-state index contributed by atoms with van der Waals surface area (Å²) in [5.74, 6) is 0.316. The lowest BCUT2D eigenvalue weighted by Gasteiger charge is -2.35. The fourth-order valence-electron chi connectivity index (χ4n) is 3.70. The summed E-state index contributed by atoms with van der Waals surface area (Å²) in [4.78, 5) is 14.2. The number of carbonyl (C=O) groups is 1. The Hall–Kier alpha value is -2.20. The van der Waals surface area contributed by atoms with Gasteiger partial charge in [-0.1, -0.05) is 44.2 Å². The van der Waals surface area contributed by atoms with Gasteiger partial charge in [-0.15, -0.1) is 11.8 Å². The molecule has 2 aromatic carbocycles. The second-order valence-corrected chi connectivity index (χ2v) is 8.64. The summed E-state index contributed by atoms with van der Waals surface area (Å²) in [6, 6.07) is 15.4. The van der Waals surface area contributed by atoms with E-state index in [4.69, 9.17) is 0 Å². The van der Waals surface area contributed by atoms with Crippen LogP contribution in [0.2, 0.25) is 0 Å². The van der Waals surface area contributed by atoms with E-state index in [1.54, 1.807) is 23.9 Å². The summed E-state index contributed by atoms with van der Waals surface area (Å²) in [6.07, 6.45) is 2.77. The molecule has 0 aromatic heterocycles. The molecule has 2 aliphatic rings. The standard InChI is InChI=1S/C21H21NO2S/c1-21(2)11-16-19(17(24)12-21)20(13-7-9-14(23)10-8-13)25-18-6-4-3-5-15(18)22-16/h3-11,19-20,22-23H,12H2,1-2H3/t19-,20-/m0/s1. The average molecular weight is 351 g/mol. The van der Waals surface area contributed by atoms with Crippen LogP contribution in [0, 0.1) is 11.3 Å². The van der Waals surface area contributed by atoms with E-state index in [0.29, 0.717) is 6.42 Å². The molecule has 2 atom stereocenters. The molecule has 0 saturated heterocycles. The van der Waals surface area contributed by atoms with Gasteiger partial charge in [-0.2, -0.15) is 0 Å². The Morgan fingerprint density at radius 2 is 1.84 bits per heavy atom. The van der Waals surface area contributed by atoms with Crippen LogP contribution in [0.4, 0.5) is 5.69 Å². The largest absolute Gasteiger partial charge is 0.508 e. The van der Waals surface area contributed by atoms with Gasteiger partial charge in [0.15, 0.2) is 0 Å². The molecular formula is C21H21NO2S. The number of carbonyl (C=O) groups excluding carboxylic acids is 1. The topological polar surface area (TPSA) is 49.3 Å². The Labute approximate surface area is 152 Å². The van der Waals surface area contributed by atoms with Gasteiger partial charge in [0.05, 0.1) is 11.6 Å². The van der Waals surface area contributed by atoms with Crippen LogP contribution in [0.1, 0.15) is 31.1 Å². The molecular weight excluding hydrogens is 330 g/mol. The van der Waals surface area contributed by atoms with E-state index in [1.165, 1.54) is 0 Å². The van der Waals surface area contributed by atoms with Crippen molar-refractivity contribution in [1.29, 1.82) is 0 Å². The predicted octanol–water partition coefficient (Wildman–Crippen LogP) is 5.15. The molecule has 3 nitrogen and oxygen atoms in total. The predicted molar refractivity (Wildman–Crippen MR) is 102 cm³/mol. The average Bonchev–Trinajstić information content (AvgIpc) is 2.70. The van der Waals surface area contributed by atoms with Crippen molar-refractivity contribution in [1.82, 2.24) is 0 Å². The number of benzene rings is 2. The van der Waals surface area contributed by atoms with Gasteiger partial charge in [0, 0.05) is 22.3 Å².